The molecule has 2 nitrogen and oxygen atoms in total. The van der Waals surface area contributed by atoms with Crippen molar-refractivity contribution in [3.05, 3.63) is 35.4 Å². The van der Waals surface area contributed by atoms with Gasteiger partial charge in [0, 0.05) is 6.04 Å². The van der Waals surface area contributed by atoms with Crippen LogP contribution in [0.25, 0.3) is 0 Å². The monoisotopic (exact) mass is 233 g/mol. The van der Waals surface area contributed by atoms with Crippen molar-refractivity contribution in [3.63, 3.8) is 0 Å². The van der Waals surface area contributed by atoms with Gasteiger partial charge >= 0.3 is 0 Å². The minimum Gasteiger partial charge on any atom is -0.388 e. The molecule has 1 aromatic rings. The molecule has 1 fully saturated rings. The van der Waals surface area contributed by atoms with Crippen LogP contribution in [0.3, 0.4) is 0 Å². The first kappa shape index (κ1) is 12.6. The molecule has 2 atom stereocenters. The van der Waals surface area contributed by atoms with Crippen molar-refractivity contribution in [1.29, 1.82) is 0 Å². The molecule has 0 radical (unpaired) electrons. The molecule has 1 aliphatic rings. The fourth-order valence-electron chi connectivity index (χ4n) is 2.47. The Balaban J connectivity index is 1.96. The molecule has 0 amide bonds. The lowest BCUT2D eigenvalue weighted by Crippen LogP contribution is -2.23. The van der Waals surface area contributed by atoms with Gasteiger partial charge in [-0.05, 0) is 42.9 Å². The lowest BCUT2D eigenvalue weighted by molar-refractivity contribution is 0.154. The molecule has 2 unspecified atom stereocenters. The van der Waals surface area contributed by atoms with Gasteiger partial charge in [0.15, 0.2) is 0 Å². The maximum atomic E-state index is 10.2. The quantitative estimate of drug-likeness (QED) is 0.838. The summed E-state index contributed by atoms with van der Waals surface area (Å²) in [5.41, 5.74) is 2.38. The third kappa shape index (κ3) is 3.30. The van der Waals surface area contributed by atoms with E-state index in [4.69, 9.17) is 0 Å². The summed E-state index contributed by atoms with van der Waals surface area (Å²) in [7, 11) is 0. The largest absolute Gasteiger partial charge is 0.388 e. The fourth-order valence-corrected chi connectivity index (χ4v) is 2.47. The standard InChI is InChI=1S/C15H23NO/c1-11(2)12-5-7-13(8-6-12)15(17)10-14-4-3-9-16-14/h5-8,11,14-17H,3-4,9-10H2,1-2H3. The third-order valence-corrected chi connectivity index (χ3v) is 3.66. The highest BCUT2D eigenvalue weighted by molar-refractivity contribution is 5.26. The molecule has 0 aromatic heterocycles. The van der Waals surface area contributed by atoms with Crippen LogP contribution in [0, 0.1) is 0 Å². The molecule has 2 N–H and O–H groups in total. The van der Waals surface area contributed by atoms with Crippen molar-refractivity contribution < 1.29 is 5.11 Å². The Bertz CT molecular complexity index is 338. The molecule has 1 saturated heterocycles. The van der Waals surface area contributed by atoms with Crippen LogP contribution in [0.15, 0.2) is 24.3 Å². The van der Waals surface area contributed by atoms with Gasteiger partial charge in [0.25, 0.3) is 0 Å². The van der Waals surface area contributed by atoms with Crippen molar-refractivity contribution in [1.82, 2.24) is 5.32 Å². The molecule has 1 aromatic carbocycles. The highest BCUT2D eigenvalue weighted by Gasteiger charge is 2.19. The van der Waals surface area contributed by atoms with E-state index < -0.39 is 0 Å². The Morgan fingerprint density at radius 2 is 1.88 bits per heavy atom. The maximum absolute atomic E-state index is 10.2. The predicted octanol–water partition coefficient (Wildman–Crippen LogP) is 2.99. The summed E-state index contributed by atoms with van der Waals surface area (Å²) in [6.07, 6.45) is 2.94. The van der Waals surface area contributed by atoms with E-state index in [1.807, 2.05) is 0 Å². The average molecular weight is 233 g/mol. The lowest BCUT2D eigenvalue weighted by Gasteiger charge is -2.17. The normalized spacial score (nSPS) is 22.0. The number of nitrogens with one attached hydrogen (secondary N) is 1. The molecule has 1 aliphatic heterocycles. The van der Waals surface area contributed by atoms with E-state index in [0.717, 1.165) is 18.5 Å². The Hall–Kier alpha value is -0.860. The van der Waals surface area contributed by atoms with E-state index in [2.05, 4.69) is 43.4 Å². The number of hydrogen-bond acceptors (Lipinski definition) is 2. The molecule has 2 rings (SSSR count). The van der Waals surface area contributed by atoms with Gasteiger partial charge in [-0.25, -0.2) is 0 Å². The van der Waals surface area contributed by atoms with Crippen LogP contribution in [0.4, 0.5) is 0 Å². The molecule has 1 heterocycles. The number of hydrogen-bond donors (Lipinski definition) is 2. The second-order valence-electron chi connectivity index (χ2n) is 5.37. The molecule has 0 bridgehead atoms. The van der Waals surface area contributed by atoms with Gasteiger partial charge in [0.2, 0.25) is 0 Å². The number of aliphatic hydroxyl groups excluding tert-OH is 1. The lowest BCUT2D eigenvalue weighted by atomic mass is 9.97. The van der Waals surface area contributed by atoms with Crippen LogP contribution in [0.5, 0.6) is 0 Å². The van der Waals surface area contributed by atoms with Gasteiger partial charge in [0.1, 0.15) is 0 Å². The summed E-state index contributed by atoms with van der Waals surface area (Å²) in [4.78, 5) is 0. The zero-order chi connectivity index (χ0) is 12.3. The SMILES string of the molecule is CC(C)c1ccc(C(O)CC2CCCN2)cc1. The smallest absolute Gasteiger partial charge is 0.0804 e. The Morgan fingerprint density at radius 1 is 1.24 bits per heavy atom. The Morgan fingerprint density at radius 3 is 2.41 bits per heavy atom. The van der Waals surface area contributed by atoms with E-state index >= 15 is 0 Å². The van der Waals surface area contributed by atoms with Gasteiger partial charge in [-0.3, -0.25) is 0 Å². The van der Waals surface area contributed by atoms with Gasteiger partial charge in [-0.2, -0.15) is 0 Å². The van der Waals surface area contributed by atoms with Crippen LogP contribution >= 0.6 is 0 Å². The summed E-state index contributed by atoms with van der Waals surface area (Å²) in [5, 5.41) is 13.6. The highest BCUT2D eigenvalue weighted by atomic mass is 16.3. The maximum Gasteiger partial charge on any atom is 0.0804 e. The summed E-state index contributed by atoms with van der Waals surface area (Å²) >= 11 is 0. The van der Waals surface area contributed by atoms with Crippen molar-refractivity contribution >= 4 is 0 Å². The molecular formula is C15H23NO. The molecule has 17 heavy (non-hydrogen) atoms. The summed E-state index contributed by atoms with van der Waals surface area (Å²) in [6, 6.07) is 8.88. The van der Waals surface area contributed by atoms with E-state index in [-0.39, 0.29) is 6.10 Å². The van der Waals surface area contributed by atoms with Crippen molar-refractivity contribution in [2.75, 3.05) is 6.54 Å². The van der Waals surface area contributed by atoms with E-state index in [1.54, 1.807) is 0 Å². The van der Waals surface area contributed by atoms with Crippen LogP contribution in [-0.2, 0) is 0 Å². The van der Waals surface area contributed by atoms with Crippen LogP contribution in [-0.4, -0.2) is 17.7 Å². The molecule has 0 spiro atoms. The second-order valence-corrected chi connectivity index (χ2v) is 5.37. The van der Waals surface area contributed by atoms with Crippen LogP contribution in [0.1, 0.15) is 56.3 Å². The first-order chi connectivity index (χ1) is 8.16. The predicted molar refractivity (Wildman–Crippen MR) is 71.1 cm³/mol. The minimum absolute atomic E-state index is 0.327. The zero-order valence-corrected chi connectivity index (χ0v) is 10.8. The Labute approximate surface area is 104 Å². The summed E-state index contributed by atoms with van der Waals surface area (Å²) < 4.78 is 0. The highest BCUT2D eigenvalue weighted by Crippen LogP contribution is 2.23. The van der Waals surface area contributed by atoms with Crippen molar-refractivity contribution in [2.45, 2.75) is 51.2 Å². The third-order valence-electron chi connectivity index (χ3n) is 3.66. The van der Waals surface area contributed by atoms with E-state index in [9.17, 15) is 5.11 Å². The number of rotatable bonds is 4. The molecule has 0 saturated carbocycles. The fraction of sp³-hybridized carbons (Fsp3) is 0.600. The number of benzene rings is 1. The second kappa shape index (κ2) is 5.65. The van der Waals surface area contributed by atoms with Gasteiger partial charge in [0.05, 0.1) is 6.10 Å². The summed E-state index contributed by atoms with van der Waals surface area (Å²) in [5.74, 6) is 0.553. The molecular weight excluding hydrogens is 210 g/mol. The average Bonchev–Trinajstić information content (AvgIpc) is 2.82. The zero-order valence-electron chi connectivity index (χ0n) is 10.8. The van der Waals surface area contributed by atoms with E-state index in [0.29, 0.717) is 12.0 Å². The van der Waals surface area contributed by atoms with Crippen LogP contribution < -0.4 is 5.32 Å². The van der Waals surface area contributed by atoms with Gasteiger partial charge in [-0.15, -0.1) is 0 Å². The van der Waals surface area contributed by atoms with Crippen LogP contribution in [0.2, 0.25) is 0 Å². The van der Waals surface area contributed by atoms with Crippen molar-refractivity contribution in [3.8, 4) is 0 Å². The molecule has 2 heteroatoms. The van der Waals surface area contributed by atoms with Gasteiger partial charge in [-0.1, -0.05) is 38.1 Å². The topological polar surface area (TPSA) is 32.3 Å². The summed E-state index contributed by atoms with van der Waals surface area (Å²) in [6.45, 7) is 5.48. The molecule has 94 valence electrons. The Kier molecular flexibility index (Phi) is 4.19. The first-order valence-corrected chi connectivity index (χ1v) is 6.68. The minimum atomic E-state index is -0.327. The molecule has 0 aliphatic carbocycles. The van der Waals surface area contributed by atoms with E-state index in [1.165, 1.54) is 18.4 Å². The van der Waals surface area contributed by atoms with Crippen molar-refractivity contribution in [2.24, 2.45) is 0 Å². The van der Waals surface area contributed by atoms with Gasteiger partial charge < -0.3 is 10.4 Å². The first-order valence-electron chi connectivity index (χ1n) is 6.68. The number of aliphatic hydroxyl groups is 1.